The van der Waals surface area contributed by atoms with Crippen LogP contribution in [0.25, 0.3) is 0 Å². The van der Waals surface area contributed by atoms with E-state index in [-0.39, 0.29) is 29.8 Å². The van der Waals surface area contributed by atoms with Crippen molar-refractivity contribution >= 4 is 17.5 Å². The first kappa shape index (κ1) is 23.0. The van der Waals surface area contributed by atoms with E-state index >= 15 is 0 Å². The molecule has 0 spiro atoms. The quantitative estimate of drug-likeness (QED) is 0.557. The molecule has 6 heteroatoms. The Balaban J connectivity index is 1.87. The smallest absolute Gasteiger partial charge is 0.258 e. The maximum absolute atomic E-state index is 13.7. The first-order chi connectivity index (χ1) is 15.4. The Kier molecular flexibility index (Phi) is 7.60. The molecule has 0 aliphatic rings. The van der Waals surface area contributed by atoms with E-state index in [2.05, 4.69) is 5.32 Å². The molecule has 5 nitrogen and oxygen atoms in total. The lowest BCUT2D eigenvalue weighted by molar-refractivity contribution is -0.120. The van der Waals surface area contributed by atoms with Crippen molar-refractivity contribution in [3.05, 3.63) is 95.3 Å². The lowest BCUT2D eigenvalue weighted by atomic mass is 10.1. The molecule has 0 bridgehead atoms. The summed E-state index contributed by atoms with van der Waals surface area (Å²) in [5.41, 5.74) is 2.66. The summed E-state index contributed by atoms with van der Waals surface area (Å²) >= 11 is 0. The van der Waals surface area contributed by atoms with Crippen LogP contribution in [0.4, 0.5) is 10.1 Å². The van der Waals surface area contributed by atoms with E-state index in [1.807, 2.05) is 50.2 Å². The highest BCUT2D eigenvalue weighted by atomic mass is 19.1. The van der Waals surface area contributed by atoms with Crippen molar-refractivity contribution in [1.29, 1.82) is 0 Å². The highest BCUT2D eigenvalue weighted by Gasteiger charge is 2.19. The number of ether oxygens (including phenoxy) is 1. The average molecular weight is 435 g/mol. The molecule has 166 valence electrons. The van der Waals surface area contributed by atoms with Gasteiger partial charge in [-0.05, 0) is 67.4 Å². The van der Waals surface area contributed by atoms with E-state index < -0.39 is 5.82 Å². The Morgan fingerprint density at radius 2 is 1.62 bits per heavy atom. The third kappa shape index (κ3) is 6.17. The summed E-state index contributed by atoms with van der Waals surface area (Å²) in [5, 5.41) is 2.87. The molecule has 32 heavy (non-hydrogen) atoms. The van der Waals surface area contributed by atoms with Crippen LogP contribution in [0, 0.1) is 5.82 Å². The number of rotatable bonds is 8. The minimum atomic E-state index is -0.466. The normalized spacial score (nSPS) is 10.7. The van der Waals surface area contributed by atoms with Crippen molar-refractivity contribution in [2.24, 2.45) is 0 Å². The molecule has 0 fully saturated rings. The molecule has 3 rings (SSSR count). The topological polar surface area (TPSA) is 58.6 Å². The fourth-order valence-corrected chi connectivity index (χ4v) is 3.32. The van der Waals surface area contributed by atoms with Crippen LogP contribution in [-0.4, -0.2) is 25.0 Å². The number of nitrogens with one attached hydrogen (secondary N) is 1. The maximum atomic E-state index is 13.7. The van der Waals surface area contributed by atoms with Gasteiger partial charge in [0.1, 0.15) is 11.6 Å². The standard InChI is InChI=1S/C26H27FN2O3/c1-18(2)28-25(30)15-19-7-11-23(12-8-19)29(17-20-9-13-24(32-3)14-10-20)26(31)21-5-4-6-22(27)16-21/h4-14,16,18H,15,17H2,1-3H3,(H,28,30). The Hall–Kier alpha value is -3.67. The molecular weight excluding hydrogens is 407 g/mol. The van der Waals surface area contributed by atoms with Gasteiger partial charge in [-0.15, -0.1) is 0 Å². The second kappa shape index (κ2) is 10.6. The Bertz CT molecular complexity index is 1060. The zero-order chi connectivity index (χ0) is 23.1. The number of amides is 2. The van der Waals surface area contributed by atoms with Gasteiger partial charge in [-0.1, -0.05) is 30.3 Å². The number of nitrogens with zero attached hydrogens (tertiary/aromatic N) is 1. The van der Waals surface area contributed by atoms with Crippen LogP contribution in [0.2, 0.25) is 0 Å². The van der Waals surface area contributed by atoms with Crippen molar-refractivity contribution in [3.8, 4) is 5.75 Å². The monoisotopic (exact) mass is 434 g/mol. The van der Waals surface area contributed by atoms with Crippen molar-refractivity contribution in [2.45, 2.75) is 32.9 Å². The number of anilines is 1. The molecule has 0 radical (unpaired) electrons. The summed E-state index contributed by atoms with van der Waals surface area (Å²) in [5.74, 6) is -0.114. The minimum Gasteiger partial charge on any atom is -0.497 e. The third-order valence-corrected chi connectivity index (χ3v) is 4.88. The van der Waals surface area contributed by atoms with E-state index in [0.717, 1.165) is 16.9 Å². The summed E-state index contributed by atoms with van der Waals surface area (Å²) in [6.45, 7) is 4.12. The number of carbonyl (C=O) groups is 2. The van der Waals surface area contributed by atoms with Gasteiger partial charge in [-0.2, -0.15) is 0 Å². The largest absolute Gasteiger partial charge is 0.497 e. The zero-order valence-corrected chi connectivity index (χ0v) is 18.5. The fraction of sp³-hybridized carbons (Fsp3) is 0.231. The van der Waals surface area contributed by atoms with Crippen molar-refractivity contribution < 1.29 is 18.7 Å². The van der Waals surface area contributed by atoms with Gasteiger partial charge in [0.25, 0.3) is 5.91 Å². The molecule has 2 amide bonds. The SMILES string of the molecule is COc1ccc(CN(C(=O)c2cccc(F)c2)c2ccc(CC(=O)NC(C)C)cc2)cc1. The van der Waals surface area contributed by atoms with Crippen LogP contribution in [0.5, 0.6) is 5.75 Å². The van der Waals surface area contributed by atoms with Crippen LogP contribution in [0.15, 0.2) is 72.8 Å². The van der Waals surface area contributed by atoms with Gasteiger partial charge in [0.15, 0.2) is 0 Å². The van der Waals surface area contributed by atoms with Gasteiger partial charge in [-0.25, -0.2) is 4.39 Å². The van der Waals surface area contributed by atoms with Gasteiger partial charge in [0, 0.05) is 17.3 Å². The summed E-state index contributed by atoms with van der Waals surface area (Å²) in [6.07, 6.45) is 0.259. The predicted octanol–water partition coefficient (Wildman–Crippen LogP) is 4.75. The van der Waals surface area contributed by atoms with Crippen LogP contribution in [0.1, 0.15) is 35.3 Å². The number of hydrogen-bond donors (Lipinski definition) is 1. The highest BCUT2D eigenvalue weighted by molar-refractivity contribution is 6.06. The van der Waals surface area contributed by atoms with Gasteiger partial charge in [0.2, 0.25) is 5.91 Å². The Morgan fingerprint density at radius 3 is 2.22 bits per heavy atom. The minimum absolute atomic E-state index is 0.0568. The van der Waals surface area contributed by atoms with E-state index in [1.54, 1.807) is 30.2 Å². The highest BCUT2D eigenvalue weighted by Crippen LogP contribution is 2.23. The fourth-order valence-electron chi connectivity index (χ4n) is 3.32. The van der Waals surface area contributed by atoms with Gasteiger partial charge in [0.05, 0.1) is 20.1 Å². The molecular formula is C26H27FN2O3. The lowest BCUT2D eigenvalue weighted by Crippen LogP contribution is -2.31. The van der Waals surface area contributed by atoms with Crippen molar-refractivity contribution in [3.63, 3.8) is 0 Å². The molecule has 0 unspecified atom stereocenters. The van der Waals surface area contributed by atoms with Crippen LogP contribution in [-0.2, 0) is 17.8 Å². The second-order valence-electron chi connectivity index (χ2n) is 7.82. The third-order valence-electron chi connectivity index (χ3n) is 4.88. The number of benzene rings is 3. The van der Waals surface area contributed by atoms with Gasteiger partial charge >= 0.3 is 0 Å². The van der Waals surface area contributed by atoms with E-state index in [0.29, 0.717) is 12.2 Å². The molecule has 0 heterocycles. The number of carbonyl (C=O) groups excluding carboxylic acids is 2. The number of halogens is 1. The average Bonchev–Trinajstić information content (AvgIpc) is 2.77. The molecule has 0 saturated carbocycles. The van der Waals surface area contributed by atoms with E-state index in [4.69, 9.17) is 4.74 Å². The second-order valence-corrected chi connectivity index (χ2v) is 7.82. The van der Waals surface area contributed by atoms with E-state index in [9.17, 15) is 14.0 Å². The zero-order valence-electron chi connectivity index (χ0n) is 18.5. The number of methoxy groups -OCH3 is 1. The molecule has 0 aromatic heterocycles. The first-order valence-electron chi connectivity index (χ1n) is 10.4. The van der Waals surface area contributed by atoms with Crippen LogP contribution >= 0.6 is 0 Å². The van der Waals surface area contributed by atoms with E-state index in [1.165, 1.54) is 18.2 Å². The molecule has 3 aromatic carbocycles. The summed E-state index contributed by atoms with van der Waals surface area (Å²) in [4.78, 5) is 26.9. The molecule has 0 aliphatic carbocycles. The molecule has 1 N–H and O–H groups in total. The molecule has 0 atom stereocenters. The van der Waals surface area contributed by atoms with Crippen molar-refractivity contribution in [2.75, 3.05) is 12.0 Å². The molecule has 0 saturated heterocycles. The first-order valence-corrected chi connectivity index (χ1v) is 10.4. The Morgan fingerprint density at radius 1 is 0.969 bits per heavy atom. The Labute approximate surface area is 187 Å². The maximum Gasteiger partial charge on any atom is 0.258 e. The van der Waals surface area contributed by atoms with Crippen LogP contribution < -0.4 is 15.0 Å². The lowest BCUT2D eigenvalue weighted by Gasteiger charge is -2.24. The van der Waals surface area contributed by atoms with Crippen LogP contribution in [0.3, 0.4) is 0 Å². The molecule has 3 aromatic rings. The summed E-state index contributed by atoms with van der Waals surface area (Å²) in [7, 11) is 1.60. The van der Waals surface area contributed by atoms with Crippen molar-refractivity contribution in [1.82, 2.24) is 5.32 Å². The number of hydrogen-bond acceptors (Lipinski definition) is 3. The summed E-state index contributed by atoms with van der Waals surface area (Å²) < 4.78 is 18.9. The summed E-state index contributed by atoms with van der Waals surface area (Å²) in [6, 6.07) is 20.4. The van der Waals surface area contributed by atoms with Gasteiger partial charge in [-0.3, -0.25) is 9.59 Å². The predicted molar refractivity (Wildman–Crippen MR) is 123 cm³/mol. The molecule has 0 aliphatic heterocycles. The van der Waals surface area contributed by atoms with Gasteiger partial charge < -0.3 is 15.0 Å².